The van der Waals surface area contributed by atoms with Crippen LogP contribution < -0.4 is 5.32 Å². The van der Waals surface area contributed by atoms with Gasteiger partial charge in [0.1, 0.15) is 0 Å². The van der Waals surface area contributed by atoms with Crippen LogP contribution in [-0.4, -0.2) is 47.4 Å². The molecule has 0 aromatic carbocycles. The molecule has 0 rings (SSSR count). The Kier molecular flexibility index (Phi) is 71.9. The van der Waals surface area contributed by atoms with Gasteiger partial charge in [-0.2, -0.15) is 0 Å². The summed E-state index contributed by atoms with van der Waals surface area (Å²) in [4.78, 5) is 24.6. The van der Waals surface area contributed by atoms with Crippen molar-refractivity contribution in [1.29, 1.82) is 0 Å². The number of amides is 1. The van der Waals surface area contributed by atoms with Gasteiger partial charge in [0, 0.05) is 12.8 Å². The predicted molar refractivity (Wildman–Crippen MR) is 370 cm³/mol. The van der Waals surface area contributed by atoms with E-state index in [1.54, 1.807) is 0 Å². The second-order valence-corrected chi connectivity index (χ2v) is 26.3. The highest BCUT2D eigenvalue weighted by Gasteiger charge is 2.20. The fourth-order valence-corrected chi connectivity index (χ4v) is 12.1. The van der Waals surface area contributed by atoms with E-state index in [1.165, 1.54) is 340 Å². The fourth-order valence-electron chi connectivity index (χ4n) is 12.1. The molecule has 0 radical (unpaired) electrons. The van der Waals surface area contributed by atoms with E-state index in [2.05, 4.69) is 55.6 Å². The van der Waals surface area contributed by atoms with Crippen molar-refractivity contribution in [2.75, 3.05) is 13.2 Å². The highest BCUT2D eigenvalue weighted by Crippen LogP contribution is 2.19. The number of ether oxygens (including phenoxy) is 1. The smallest absolute Gasteiger partial charge is 0.305 e. The number of hydrogen-bond acceptors (Lipinski definition) is 5. The van der Waals surface area contributed by atoms with E-state index >= 15 is 0 Å². The Balaban J connectivity index is 3.38. The Labute approximate surface area is 525 Å². The Morgan fingerprint density at radius 1 is 0.333 bits per heavy atom. The van der Waals surface area contributed by atoms with Crippen molar-refractivity contribution in [3.63, 3.8) is 0 Å². The molecule has 0 aliphatic rings. The first-order chi connectivity index (χ1) is 41.5. The van der Waals surface area contributed by atoms with E-state index in [1.807, 2.05) is 0 Å². The lowest BCUT2D eigenvalue weighted by atomic mass is 10.0. The van der Waals surface area contributed by atoms with Crippen LogP contribution in [-0.2, 0) is 14.3 Å². The molecule has 84 heavy (non-hydrogen) atoms. The van der Waals surface area contributed by atoms with Gasteiger partial charge in [0.25, 0.3) is 0 Å². The van der Waals surface area contributed by atoms with Gasteiger partial charge < -0.3 is 20.3 Å². The quantitative estimate of drug-likeness (QED) is 0.0320. The van der Waals surface area contributed by atoms with Crippen LogP contribution in [0.2, 0.25) is 0 Å². The van der Waals surface area contributed by atoms with Crippen molar-refractivity contribution in [3.8, 4) is 0 Å². The van der Waals surface area contributed by atoms with Crippen molar-refractivity contribution in [1.82, 2.24) is 5.32 Å². The van der Waals surface area contributed by atoms with Gasteiger partial charge in [-0.25, -0.2) is 0 Å². The number of rotatable bonds is 72. The molecule has 0 aliphatic carbocycles. The fraction of sp³-hybridized carbons (Fsp3) is 0.897. The Bertz CT molecular complexity index is 1360. The van der Waals surface area contributed by atoms with E-state index in [-0.39, 0.29) is 18.5 Å². The van der Waals surface area contributed by atoms with Gasteiger partial charge in [0.2, 0.25) is 5.91 Å². The van der Waals surface area contributed by atoms with Gasteiger partial charge in [0.05, 0.1) is 25.4 Å². The number of unbranched alkanes of at least 4 members (excludes halogenated alkanes) is 55. The van der Waals surface area contributed by atoms with Gasteiger partial charge in [-0.1, -0.05) is 365 Å². The summed E-state index contributed by atoms with van der Waals surface area (Å²) >= 11 is 0. The number of carbonyl (C=O) groups excluding carboxylic acids is 2. The van der Waals surface area contributed by atoms with Crippen LogP contribution in [0.1, 0.15) is 425 Å². The van der Waals surface area contributed by atoms with Crippen LogP contribution >= 0.6 is 0 Å². The molecular weight excluding hydrogens is 1030 g/mol. The van der Waals surface area contributed by atoms with Crippen molar-refractivity contribution >= 4 is 11.9 Å². The molecular formula is C78H149NO5. The average Bonchev–Trinajstić information content (AvgIpc) is 3.51. The lowest BCUT2D eigenvalue weighted by Crippen LogP contribution is -2.45. The highest BCUT2D eigenvalue weighted by molar-refractivity contribution is 5.76. The molecule has 1 amide bonds. The van der Waals surface area contributed by atoms with Crippen LogP contribution in [0.4, 0.5) is 0 Å². The molecule has 6 nitrogen and oxygen atoms in total. The zero-order chi connectivity index (χ0) is 60.6. The Morgan fingerprint density at radius 2 is 0.595 bits per heavy atom. The number of aliphatic hydroxyl groups is 2. The van der Waals surface area contributed by atoms with Crippen LogP contribution in [0.3, 0.4) is 0 Å². The second-order valence-electron chi connectivity index (χ2n) is 26.3. The summed E-state index contributed by atoms with van der Waals surface area (Å²) in [5.74, 6) is -0.0197. The number of allylic oxidation sites excluding steroid dienone is 6. The number of carbonyl (C=O) groups is 2. The van der Waals surface area contributed by atoms with Crippen LogP contribution in [0.15, 0.2) is 36.5 Å². The summed E-state index contributed by atoms with van der Waals surface area (Å²) in [6.07, 6.45) is 95.0. The molecule has 3 N–H and O–H groups in total. The molecule has 0 aromatic heterocycles. The second kappa shape index (κ2) is 73.5. The summed E-state index contributed by atoms with van der Waals surface area (Å²) in [6.45, 7) is 4.99. The minimum atomic E-state index is -0.665. The maximum atomic E-state index is 12.5. The van der Waals surface area contributed by atoms with E-state index in [0.29, 0.717) is 25.9 Å². The number of hydrogen-bond donors (Lipinski definition) is 3. The van der Waals surface area contributed by atoms with E-state index < -0.39 is 12.1 Å². The molecule has 0 fully saturated rings. The van der Waals surface area contributed by atoms with Gasteiger partial charge in [-0.15, -0.1) is 0 Å². The van der Waals surface area contributed by atoms with Gasteiger partial charge in [-0.3, -0.25) is 9.59 Å². The van der Waals surface area contributed by atoms with Crippen molar-refractivity contribution < 1.29 is 24.5 Å². The average molecular weight is 1180 g/mol. The minimum absolute atomic E-state index is 0.0106. The van der Waals surface area contributed by atoms with Crippen molar-refractivity contribution in [2.24, 2.45) is 0 Å². The first kappa shape index (κ1) is 82.1. The molecule has 0 spiro atoms. The van der Waals surface area contributed by atoms with E-state index in [0.717, 1.165) is 51.4 Å². The highest BCUT2D eigenvalue weighted by atomic mass is 16.5. The third kappa shape index (κ3) is 69.2. The summed E-state index contributed by atoms with van der Waals surface area (Å²) in [6, 6.07) is -0.542. The Hall–Kier alpha value is -1.92. The predicted octanol–water partition coefficient (Wildman–Crippen LogP) is 25.0. The first-order valence-electron chi connectivity index (χ1n) is 38.2. The molecule has 2 atom stereocenters. The topological polar surface area (TPSA) is 95.9 Å². The van der Waals surface area contributed by atoms with Gasteiger partial charge in [-0.05, 0) is 83.5 Å². The van der Waals surface area contributed by atoms with Crippen molar-refractivity contribution in [2.45, 2.75) is 437 Å². The van der Waals surface area contributed by atoms with Gasteiger partial charge >= 0.3 is 5.97 Å². The number of nitrogens with one attached hydrogen (secondary N) is 1. The minimum Gasteiger partial charge on any atom is -0.466 e. The maximum Gasteiger partial charge on any atom is 0.305 e. The Morgan fingerprint density at radius 3 is 0.917 bits per heavy atom. The third-order valence-electron chi connectivity index (χ3n) is 17.9. The molecule has 6 heteroatoms. The third-order valence-corrected chi connectivity index (χ3v) is 17.9. The molecule has 0 aromatic rings. The van der Waals surface area contributed by atoms with Gasteiger partial charge in [0.15, 0.2) is 0 Å². The molecule has 0 saturated heterocycles. The molecule has 0 saturated carbocycles. The summed E-state index contributed by atoms with van der Waals surface area (Å²) < 4.78 is 5.50. The molecule has 0 heterocycles. The summed E-state index contributed by atoms with van der Waals surface area (Å²) in [7, 11) is 0. The SMILES string of the molecule is CCCCCCCC/C=C\CCCCCCCCCC(=O)OCCCCCCCCCCC/C=C\C/C=C\CCCCCCCCCCCCCCCCCC(=O)NC(CO)C(O)CCCCCCCCCCCCCCCCCCCCC. The van der Waals surface area contributed by atoms with Crippen LogP contribution in [0.25, 0.3) is 0 Å². The normalized spacial score (nSPS) is 12.7. The monoisotopic (exact) mass is 1180 g/mol. The van der Waals surface area contributed by atoms with Crippen LogP contribution in [0.5, 0.6) is 0 Å². The molecule has 0 aliphatic heterocycles. The standard InChI is InChI=1S/C78H149NO5/c1-3-5-7-9-11-13-15-17-19-21-35-39-42-46-50-54-58-62-66-70-76(81)75(74-80)79-77(82)71-67-63-59-55-51-47-43-40-36-33-31-29-27-25-23-22-24-26-28-30-32-34-37-41-45-49-53-57-61-65-69-73-84-78(83)72-68-64-60-56-52-48-44-38-20-18-16-14-12-10-8-6-4-2/h18,20,24,26,30,32,75-76,80-81H,3-17,19,21-23,25,27-29,31,33-74H2,1-2H3,(H,79,82)/b20-18-,26-24-,32-30-. The number of esters is 1. The van der Waals surface area contributed by atoms with E-state index in [9.17, 15) is 19.8 Å². The first-order valence-corrected chi connectivity index (χ1v) is 38.2. The summed E-state index contributed by atoms with van der Waals surface area (Å²) in [5.41, 5.74) is 0. The molecule has 2 unspecified atom stereocenters. The largest absolute Gasteiger partial charge is 0.466 e. The number of aliphatic hydroxyl groups excluding tert-OH is 2. The molecule has 496 valence electrons. The summed E-state index contributed by atoms with van der Waals surface area (Å²) in [5, 5.41) is 23.4. The van der Waals surface area contributed by atoms with Crippen molar-refractivity contribution in [3.05, 3.63) is 36.5 Å². The van der Waals surface area contributed by atoms with Crippen LogP contribution in [0, 0.1) is 0 Å². The zero-order valence-corrected chi connectivity index (χ0v) is 56.9. The maximum absolute atomic E-state index is 12.5. The lowest BCUT2D eigenvalue weighted by Gasteiger charge is -2.22. The molecule has 0 bridgehead atoms. The lowest BCUT2D eigenvalue weighted by molar-refractivity contribution is -0.143. The zero-order valence-electron chi connectivity index (χ0n) is 56.9. The van der Waals surface area contributed by atoms with E-state index in [4.69, 9.17) is 4.74 Å².